The lowest BCUT2D eigenvalue weighted by Crippen LogP contribution is -2.22. The highest BCUT2D eigenvalue weighted by atomic mass is 19.1. The van der Waals surface area contributed by atoms with Crippen LogP contribution in [0.3, 0.4) is 0 Å². The van der Waals surface area contributed by atoms with Crippen LogP contribution < -0.4 is 15.4 Å². The predicted octanol–water partition coefficient (Wildman–Crippen LogP) is 3.19. The molecule has 0 saturated heterocycles. The Labute approximate surface area is 122 Å². The number of methoxy groups -OCH3 is 1. The van der Waals surface area contributed by atoms with Crippen LogP contribution in [0.1, 0.15) is 5.56 Å². The van der Waals surface area contributed by atoms with Crippen LogP contribution in [-0.2, 0) is 4.79 Å². The number of halogens is 1. The Hall–Kier alpha value is -2.56. The summed E-state index contributed by atoms with van der Waals surface area (Å²) in [4.78, 5) is 11.8. The number of hydrogen-bond acceptors (Lipinski definition) is 3. The van der Waals surface area contributed by atoms with E-state index in [1.54, 1.807) is 7.11 Å². The molecule has 0 unspecified atom stereocenters. The van der Waals surface area contributed by atoms with E-state index < -0.39 is 0 Å². The molecule has 0 aliphatic heterocycles. The maximum Gasteiger partial charge on any atom is 0.243 e. The number of hydrogen-bond donors (Lipinski definition) is 2. The number of rotatable bonds is 5. The second-order valence-electron chi connectivity index (χ2n) is 4.59. The van der Waals surface area contributed by atoms with Crippen LogP contribution in [0.5, 0.6) is 5.75 Å². The third kappa shape index (κ3) is 4.21. The molecule has 4 nitrogen and oxygen atoms in total. The number of carbonyl (C=O) groups excluding carboxylic acids is 1. The first kappa shape index (κ1) is 14.8. The summed E-state index contributed by atoms with van der Waals surface area (Å²) in [5.41, 5.74) is 2.42. The minimum absolute atomic E-state index is 0.130. The summed E-state index contributed by atoms with van der Waals surface area (Å²) in [5.74, 6) is 0.241. The summed E-state index contributed by atoms with van der Waals surface area (Å²) < 4.78 is 17.9. The van der Waals surface area contributed by atoms with E-state index in [1.807, 2.05) is 25.1 Å². The molecule has 110 valence electrons. The van der Waals surface area contributed by atoms with E-state index in [0.717, 1.165) is 17.0 Å². The first-order valence-corrected chi connectivity index (χ1v) is 6.52. The SMILES string of the molecule is COc1ccc(NCC(=O)Nc2ccc(F)cc2)c(C)c1. The molecule has 2 rings (SSSR count). The normalized spacial score (nSPS) is 10.0. The van der Waals surface area contributed by atoms with E-state index in [4.69, 9.17) is 4.74 Å². The van der Waals surface area contributed by atoms with E-state index in [9.17, 15) is 9.18 Å². The fourth-order valence-electron chi connectivity index (χ4n) is 1.88. The van der Waals surface area contributed by atoms with Gasteiger partial charge >= 0.3 is 0 Å². The average molecular weight is 288 g/mol. The molecule has 0 heterocycles. The van der Waals surface area contributed by atoms with Crippen LogP contribution in [-0.4, -0.2) is 19.6 Å². The number of benzene rings is 2. The van der Waals surface area contributed by atoms with Gasteiger partial charge in [0.2, 0.25) is 5.91 Å². The van der Waals surface area contributed by atoms with Crippen LogP contribution >= 0.6 is 0 Å². The first-order chi connectivity index (χ1) is 10.1. The van der Waals surface area contributed by atoms with Crippen LogP contribution in [0.2, 0.25) is 0 Å². The summed E-state index contributed by atoms with van der Waals surface area (Å²) in [6.45, 7) is 2.06. The molecule has 1 amide bonds. The molecule has 0 aromatic heterocycles. The van der Waals surface area contributed by atoms with Gasteiger partial charge in [-0.1, -0.05) is 0 Å². The number of carbonyl (C=O) groups is 1. The van der Waals surface area contributed by atoms with Crippen molar-refractivity contribution in [2.75, 3.05) is 24.3 Å². The second-order valence-corrected chi connectivity index (χ2v) is 4.59. The molecule has 21 heavy (non-hydrogen) atoms. The molecule has 5 heteroatoms. The van der Waals surface area contributed by atoms with Crippen LogP contribution in [0.25, 0.3) is 0 Å². The highest BCUT2D eigenvalue weighted by Crippen LogP contribution is 2.20. The average Bonchev–Trinajstić information content (AvgIpc) is 2.48. The largest absolute Gasteiger partial charge is 0.497 e. The Kier molecular flexibility index (Phi) is 4.77. The van der Waals surface area contributed by atoms with Gasteiger partial charge in [0.1, 0.15) is 11.6 Å². The topological polar surface area (TPSA) is 50.4 Å². The number of aryl methyl sites for hydroxylation is 1. The van der Waals surface area contributed by atoms with E-state index in [0.29, 0.717) is 5.69 Å². The Morgan fingerprint density at radius 2 is 1.90 bits per heavy atom. The summed E-state index contributed by atoms with van der Waals surface area (Å²) >= 11 is 0. The van der Waals surface area contributed by atoms with Crippen molar-refractivity contribution >= 4 is 17.3 Å². The number of ether oxygens (including phenoxy) is 1. The molecule has 2 N–H and O–H groups in total. The molecule has 2 aromatic carbocycles. The molecule has 0 bridgehead atoms. The zero-order valence-corrected chi connectivity index (χ0v) is 11.9. The van der Waals surface area contributed by atoms with E-state index in [-0.39, 0.29) is 18.3 Å². The smallest absolute Gasteiger partial charge is 0.243 e. The molecule has 0 radical (unpaired) electrons. The van der Waals surface area contributed by atoms with E-state index in [1.165, 1.54) is 24.3 Å². The first-order valence-electron chi connectivity index (χ1n) is 6.52. The fourth-order valence-corrected chi connectivity index (χ4v) is 1.88. The monoisotopic (exact) mass is 288 g/mol. The van der Waals surface area contributed by atoms with Crippen LogP contribution in [0.15, 0.2) is 42.5 Å². The fraction of sp³-hybridized carbons (Fsp3) is 0.188. The molecule has 2 aromatic rings. The standard InChI is InChI=1S/C16H17FN2O2/c1-11-9-14(21-2)7-8-15(11)18-10-16(20)19-13-5-3-12(17)4-6-13/h3-9,18H,10H2,1-2H3,(H,19,20). The highest BCUT2D eigenvalue weighted by Gasteiger charge is 2.05. The van der Waals surface area contributed by atoms with Gasteiger partial charge in [0, 0.05) is 11.4 Å². The maximum atomic E-state index is 12.8. The highest BCUT2D eigenvalue weighted by molar-refractivity contribution is 5.93. The van der Waals surface area contributed by atoms with Crippen molar-refractivity contribution in [2.24, 2.45) is 0 Å². The Balaban J connectivity index is 1.90. The van der Waals surface area contributed by atoms with Crippen molar-refractivity contribution in [2.45, 2.75) is 6.92 Å². The van der Waals surface area contributed by atoms with Gasteiger partial charge in [-0.2, -0.15) is 0 Å². The van der Waals surface area contributed by atoms with Crippen molar-refractivity contribution in [3.63, 3.8) is 0 Å². The van der Waals surface area contributed by atoms with Crippen molar-refractivity contribution < 1.29 is 13.9 Å². The van der Waals surface area contributed by atoms with Gasteiger partial charge in [-0.25, -0.2) is 4.39 Å². The maximum absolute atomic E-state index is 12.8. The number of anilines is 2. The third-order valence-corrected chi connectivity index (χ3v) is 3.00. The molecule has 0 atom stereocenters. The van der Waals surface area contributed by atoms with E-state index >= 15 is 0 Å². The lowest BCUT2D eigenvalue weighted by atomic mass is 10.2. The minimum Gasteiger partial charge on any atom is -0.497 e. The summed E-state index contributed by atoms with van der Waals surface area (Å²) in [5, 5.41) is 5.74. The van der Waals surface area contributed by atoms with Gasteiger partial charge in [-0.05, 0) is 55.0 Å². The second kappa shape index (κ2) is 6.74. The summed E-state index contributed by atoms with van der Waals surface area (Å²) in [7, 11) is 1.61. The molecule has 0 aliphatic carbocycles. The molecule has 0 spiro atoms. The Bertz CT molecular complexity index is 627. The summed E-state index contributed by atoms with van der Waals surface area (Å²) in [6, 6.07) is 11.2. The number of nitrogens with one attached hydrogen (secondary N) is 2. The molecule has 0 saturated carbocycles. The molecule has 0 fully saturated rings. The predicted molar refractivity (Wildman–Crippen MR) is 81.3 cm³/mol. The van der Waals surface area contributed by atoms with Gasteiger partial charge in [0.15, 0.2) is 0 Å². The molecular weight excluding hydrogens is 271 g/mol. The molecular formula is C16H17FN2O2. The van der Waals surface area contributed by atoms with Gasteiger partial charge in [-0.15, -0.1) is 0 Å². The minimum atomic E-state index is -0.333. The van der Waals surface area contributed by atoms with Crippen molar-refractivity contribution in [3.8, 4) is 5.75 Å². The zero-order chi connectivity index (χ0) is 15.2. The lowest BCUT2D eigenvalue weighted by Gasteiger charge is -2.11. The van der Waals surface area contributed by atoms with Crippen LogP contribution in [0, 0.1) is 12.7 Å². The van der Waals surface area contributed by atoms with Gasteiger partial charge in [0.05, 0.1) is 13.7 Å². The summed E-state index contributed by atoms with van der Waals surface area (Å²) in [6.07, 6.45) is 0. The van der Waals surface area contributed by atoms with Gasteiger partial charge in [0.25, 0.3) is 0 Å². The van der Waals surface area contributed by atoms with Crippen LogP contribution in [0.4, 0.5) is 15.8 Å². The lowest BCUT2D eigenvalue weighted by molar-refractivity contribution is -0.114. The molecule has 0 aliphatic rings. The van der Waals surface area contributed by atoms with Crippen molar-refractivity contribution in [3.05, 3.63) is 53.8 Å². The third-order valence-electron chi connectivity index (χ3n) is 3.00. The Morgan fingerprint density at radius 1 is 1.19 bits per heavy atom. The Morgan fingerprint density at radius 3 is 2.52 bits per heavy atom. The van der Waals surface area contributed by atoms with Gasteiger partial charge < -0.3 is 15.4 Å². The number of amides is 1. The quantitative estimate of drug-likeness (QED) is 0.888. The van der Waals surface area contributed by atoms with Crippen molar-refractivity contribution in [1.29, 1.82) is 0 Å². The van der Waals surface area contributed by atoms with Crippen molar-refractivity contribution in [1.82, 2.24) is 0 Å². The van der Waals surface area contributed by atoms with Gasteiger partial charge in [-0.3, -0.25) is 4.79 Å². The van der Waals surface area contributed by atoms with E-state index in [2.05, 4.69) is 10.6 Å². The zero-order valence-electron chi connectivity index (χ0n) is 11.9.